The fraction of sp³-hybridized carbons (Fsp3) is 0.286. The van der Waals surface area contributed by atoms with E-state index in [9.17, 15) is 18.0 Å². The number of sulfonamides is 1. The van der Waals surface area contributed by atoms with Gasteiger partial charge in [-0.1, -0.05) is 72.4 Å². The maximum Gasteiger partial charge on any atom is 0.264 e. The normalized spacial score (nSPS) is 12.0. The van der Waals surface area contributed by atoms with Gasteiger partial charge in [-0.05, 0) is 67.4 Å². The standard InChI is InChI=1S/C28H30Cl3N3O4S/c1-3-4-16-32-28(36)20(2)33(18-21-10-11-23(30)17-26(21)31)27(35)19-34(24-14-12-22(29)13-15-24)39(37,38)25-8-6-5-7-9-25/h5-15,17,20H,3-4,16,18-19H2,1-2H3,(H,32,36). The highest BCUT2D eigenvalue weighted by Crippen LogP contribution is 2.27. The number of nitrogens with zero attached hydrogens (tertiary/aromatic N) is 2. The lowest BCUT2D eigenvalue weighted by molar-refractivity contribution is -0.139. The first-order valence-electron chi connectivity index (χ1n) is 12.4. The number of carbonyl (C=O) groups excluding carboxylic acids is 2. The SMILES string of the molecule is CCCCNC(=O)C(C)N(Cc1ccc(Cl)cc1Cl)C(=O)CN(c1ccc(Cl)cc1)S(=O)(=O)c1ccccc1. The molecular formula is C28H30Cl3N3O4S. The first-order chi connectivity index (χ1) is 18.5. The van der Waals surface area contributed by atoms with Gasteiger partial charge >= 0.3 is 0 Å². The fourth-order valence-electron chi connectivity index (χ4n) is 3.81. The largest absolute Gasteiger partial charge is 0.354 e. The molecule has 1 unspecified atom stereocenters. The molecule has 11 heteroatoms. The molecule has 0 aliphatic carbocycles. The number of benzene rings is 3. The predicted molar refractivity (Wildman–Crippen MR) is 157 cm³/mol. The summed E-state index contributed by atoms with van der Waals surface area (Å²) in [6.07, 6.45) is 1.68. The quantitative estimate of drug-likeness (QED) is 0.248. The van der Waals surface area contributed by atoms with Crippen molar-refractivity contribution in [2.24, 2.45) is 0 Å². The molecule has 208 valence electrons. The lowest BCUT2D eigenvalue weighted by Gasteiger charge is -2.32. The number of hydrogen-bond donors (Lipinski definition) is 1. The van der Waals surface area contributed by atoms with Gasteiger partial charge in [-0.25, -0.2) is 8.42 Å². The zero-order chi connectivity index (χ0) is 28.6. The molecule has 0 aliphatic rings. The molecule has 2 amide bonds. The molecule has 0 saturated heterocycles. The van der Waals surface area contributed by atoms with Crippen LogP contribution < -0.4 is 9.62 Å². The van der Waals surface area contributed by atoms with E-state index in [0.29, 0.717) is 27.2 Å². The van der Waals surface area contributed by atoms with Crippen molar-refractivity contribution in [3.05, 3.63) is 93.4 Å². The molecule has 0 aromatic heterocycles. The monoisotopic (exact) mass is 609 g/mol. The Morgan fingerprint density at radius 1 is 0.923 bits per heavy atom. The molecule has 0 radical (unpaired) electrons. The molecule has 0 fully saturated rings. The smallest absolute Gasteiger partial charge is 0.264 e. The first-order valence-corrected chi connectivity index (χ1v) is 15.0. The molecule has 3 aromatic carbocycles. The van der Waals surface area contributed by atoms with E-state index in [2.05, 4.69) is 5.32 Å². The zero-order valence-electron chi connectivity index (χ0n) is 21.6. The van der Waals surface area contributed by atoms with Crippen molar-refractivity contribution in [2.45, 2.75) is 44.2 Å². The van der Waals surface area contributed by atoms with Crippen LogP contribution in [-0.2, 0) is 26.2 Å². The highest BCUT2D eigenvalue weighted by Gasteiger charge is 2.32. The molecule has 1 atom stereocenters. The van der Waals surface area contributed by atoms with Gasteiger partial charge in [0, 0.05) is 28.2 Å². The maximum absolute atomic E-state index is 13.9. The third-order valence-corrected chi connectivity index (χ3v) is 8.70. The zero-order valence-corrected chi connectivity index (χ0v) is 24.7. The topological polar surface area (TPSA) is 86.8 Å². The molecule has 3 aromatic rings. The summed E-state index contributed by atoms with van der Waals surface area (Å²) in [6, 6.07) is 17.9. The summed E-state index contributed by atoms with van der Waals surface area (Å²) in [4.78, 5) is 28.2. The van der Waals surface area contributed by atoms with Crippen molar-refractivity contribution < 1.29 is 18.0 Å². The minimum absolute atomic E-state index is 0.0189. The lowest BCUT2D eigenvalue weighted by Crippen LogP contribution is -2.51. The van der Waals surface area contributed by atoms with Crippen LogP contribution in [0, 0.1) is 0 Å². The Morgan fingerprint density at radius 3 is 2.18 bits per heavy atom. The van der Waals surface area contributed by atoms with Crippen LogP contribution in [0.2, 0.25) is 15.1 Å². The Bertz CT molecular complexity index is 1390. The lowest BCUT2D eigenvalue weighted by atomic mass is 10.1. The van der Waals surface area contributed by atoms with Crippen molar-refractivity contribution >= 4 is 62.3 Å². The van der Waals surface area contributed by atoms with Crippen LogP contribution in [0.4, 0.5) is 5.69 Å². The van der Waals surface area contributed by atoms with Crippen molar-refractivity contribution in [3.8, 4) is 0 Å². The third kappa shape index (κ3) is 8.11. The molecule has 0 spiro atoms. The molecule has 3 rings (SSSR count). The number of nitrogens with one attached hydrogen (secondary N) is 1. The van der Waals surface area contributed by atoms with E-state index in [1.807, 2.05) is 6.92 Å². The second-order valence-electron chi connectivity index (χ2n) is 8.88. The molecule has 0 bridgehead atoms. The van der Waals surface area contributed by atoms with Crippen molar-refractivity contribution in [1.29, 1.82) is 0 Å². The second kappa shape index (κ2) is 14.0. The fourth-order valence-corrected chi connectivity index (χ4v) is 5.84. The average Bonchev–Trinajstić information content (AvgIpc) is 2.92. The van der Waals surface area contributed by atoms with Crippen LogP contribution >= 0.6 is 34.8 Å². The van der Waals surface area contributed by atoms with Gasteiger partial charge in [0.05, 0.1) is 10.6 Å². The molecule has 0 aliphatic heterocycles. The van der Waals surface area contributed by atoms with Gasteiger partial charge in [0.15, 0.2) is 0 Å². The van der Waals surface area contributed by atoms with Gasteiger partial charge in [0.25, 0.3) is 10.0 Å². The first kappa shape index (κ1) is 30.8. The van der Waals surface area contributed by atoms with E-state index in [1.165, 1.54) is 29.2 Å². The Kier molecular flexibility index (Phi) is 11.1. The van der Waals surface area contributed by atoms with Gasteiger partial charge in [-0.15, -0.1) is 0 Å². The summed E-state index contributed by atoms with van der Waals surface area (Å²) in [7, 11) is -4.15. The molecular weight excluding hydrogens is 581 g/mol. The van der Waals surface area contributed by atoms with E-state index in [1.54, 1.807) is 55.5 Å². The van der Waals surface area contributed by atoms with Crippen LogP contribution in [0.5, 0.6) is 0 Å². The second-order valence-corrected chi connectivity index (χ2v) is 12.0. The van der Waals surface area contributed by atoms with E-state index in [4.69, 9.17) is 34.8 Å². The summed E-state index contributed by atoms with van der Waals surface area (Å²) >= 11 is 18.5. The highest BCUT2D eigenvalue weighted by molar-refractivity contribution is 7.92. The molecule has 0 saturated carbocycles. The summed E-state index contributed by atoms with van der Waals surface area (Å²) in [5, 5.41) is 4.01. The van der Waals surface area contributed by atoms with Crippen LogP contribution in [0.25, 0.3) is 0 Å². The number of rotatable bonds is 12. The summed E-state index contributed by atoms with van der Waals surface area (Å²) in [5.41, 5.74) is 0.813. The Morgan fingerprint density at radius 2 is 1.56 bits per heavy atom. The van der Waals surface area contributed by atoms with Crippen LogP contribution in [0.15, 0.2) is 77.7 Å². The van der Waals surface area contributed by atoms with E-state index >= 15 is 0 Å². The number of unbranched alkanes of at least 4 members (excludes halogenated alkanes) is 1. The highest BCUT2D eigenvalue weighted by atomic mass is 35.5. The number of halogens is 3. The summed E-state index contributed by atoms with van der Waals surface area (Å²) < 4.78 is 28.4. The Balaban J connectivity index is 2.00. The van der Waals surface area contributed by atoms with E-state index in [-0.39, 0.29) is 23.0 Å². The number of amides is 2. The van der Waals surface area contributed by atoms with Crippen LogP contribution in [0.1, 0.15) is 32.3 Å². The number of carbonyl (C=O) groups is 2. The summed E-state index contributed by atoms with van der Waals surface area (Å²) in [5.74, 6) is -0.945. The van der Waals surface area contributed by atoms with Crippen molar-refractivity contribution in [1.82, 2.24) is 10.2 Å². The maximum atomic E-state index is 13.9. The summed E-state index contributed by atoms with van der Waals surface area (Å²) in [6.45, 7) is 3.48. The minimum atomic E-state index is -4.15. The van der Waals surface area contributed by atoms with Crippen molar-refractivity contribution in [3.63, 3.8) is 0 Å². The Hall–Kier alpha value is -2.78. The predicted octanol–water partition coefficient (Wildman–Crippen LogP) is 6.18. The number of anilines is 1. The third-order valence-electron chi connectivity index (χ3n) is 6.08. The van der Waals surface area contributed by atoms with Gasteiger partial charge in [-0.2, -0.15) is 0 Å². The molecule has 0 heterocycles. The van der Waals surface area contributed by atoms with Crippen molar-refractivity contribution in [2.75, 3.05) is 17.4 Å². The number of hydrogen-bond acceptors (Lipinski definition) is 4. The van der Waals surface area contributed by atoms with Crippen LogP contribution in [-0.4, -0.2) is 44.3 Å². The van der Waals surface area contributed by atoms with Gasteiger partial charge in [0.1, 0.15) is 12.6 Å². The molecule has 7 nitrogen and oxygen atoms in total. The molecule has 1 N–H and O–H groups in total. The minimum Gasteiger partial charge on any atom is -0.354 e. The van der Waals surface area contributed by atoms with Crippen LogP contribution in [0.3, 0.4) is 0 Å². The van der Waals surface area contributed by atoms with Gasteiger partial charge in [0.2, 0.25) is 11.8 Å². The molecule has 39 heavy (non-hydrogen) atoms. The van der Waals surface area contributed by atoms with E-state index < -0.39 is 28.5 Å². The van der Waals surface area contributed by atoms with Gasteiger partial charge in [-0.3, -0.25) is 13.9 Å². The average molecular weight is 611 g/mol. The Labute approximate surface area is 244 Å². The van der Waals surface area contributed by atoms with E-state index in [0.717, 1.165) is 17.1 Å². The van der Waals surface area contributed by atoms with Gasteiger partial charge < -0.3 is 10.2 Å².